The molecular weight excluding hydrogens is 256 g/mol. The summed E-state index contributed by atoms with van der Waals surface area (Å²) in [5.74, 6) is 1.32. The maximum Gasteiger partial charge on any atom is 0.0639 e. The lowest BCUT2D eigenvalue weighted by Gasteiger charge is -2.06. The normalized spacial score (nSPS) is 13.3. The number of nitrogens with zero attached hydrogens (tertiary/aromatic N) is 2. The summed E-state index contributed by atoms with van der Waals surface area (Å²) >= 11 is 0. The van der Waals surface area contributed by atoms with Crippen LogP contribution in [-0.4, -0.2) is 11.4 Å². The molecule has 0 heterocycles. The number of aliphatic imine (C=N–C) groups is 2. The largest absolute Gasteiger partial charge is 0.290 e. The van der Waals surface area contributed by atoms with Crippen LogP contribution in [-0.2, 0) is 6.54 Å². The van der Waals surface area contributed by atoms with Crippen LogP contribution < -0.4 is 0 Å². The number of hydrogen-bond acceptors (Lipinski definition) is 2. The van der Waals surface area contributed by atoms with Gasteiger partial charge in [-0.05, 0) is 56.2 Å². The molecule has 0 saturated carbocycles. The van der Waals surface area contributed by atoms with Gasteiger partial charge in [0.15, 0.2) is 0 Å². The monoisotopic (exact) mass is 286 g/mol. The molecule has 0 aromatic heterocycles. The summed E-state index contributed by atoms with van der Waals surface area (Å²) in [6.07, 6.45) is 2.13. The average molecular weight is 286 g/mol. The molecule has 0 aliphatic heterocycles. The van der Waals surface area contributed by atoms with Crippen LogP contribution in [0.5, 0.6) is 0 Å². The molecule has 2 nitrogen and oxygen atoms in total. The minimum absolute atomic E-state index is 0.653. The molecule has 2 heteroatoms. The second-order valence-corrected chi connectivity index (χ2v) is 6.76. The first kappa shape index (κ1) is 17.6. The van der Waals surface area contributed by atoms with Gasteiger partial charge in [-0.3, -0.25) is 9.98 Å². The summed E-state index contributed by atoms with van der Waals surface area (Å²) in [4.78, 5) is 9.37. The highest BCUT2D eigenvalue weighted by molar-refractivity contribution is 5.84. The van der Waals surface area contributed by atoms with Crippen molar-refractivity contribution in [3.8, 4) is 0 Å². The zero-order valence-corrected chi connectivity index (χ0v) is 14.5. The molecule has 0 bridgehead atoms. The van der Waals surface area contributed by atoms with E-state index in [4.69, 9.17) is 4.99 Å². The molecule has 0 fully saturated rings. The van der Waals surface area contributed by atoms with Gasteiger partial charge in [-0.2, -0.15) is 0 Å². The third kappa shape index (κ3) is 7.79. The topological polar surface area (TPSA) is 24.7 Å². The Morgan fingerprint density at radius 1 is 0.952 bits per heavy atom. The van der Waals surface area contributed by atoms with Gasteiger partial charge < -0.3 is 0 Å². The highest BCUT2D eigenvalue weighted by atomic mass is 14.8. The van der Waals surface area contributed by atoms with E-state index in [0.717, 1.165) is 25.1 Å². The quantitative estimate of drug-likeness (QED) is 0.563. The van der Waals surface area contributed by atoms with Crippen LogP contribution in [0, 0.1) is 11.8 Å². The van der Waals surface area contributed by atoms with Gasteiger partial charge in [-0.1, -0.05) is 39.8 Å². The molecule has 0 radical (unpaired) electrons. The molecule has 21 heavy (non-hydrogen) atoms. The summed E-state index contributed by atoms with van der Waals surface area (Å²) in [7, 11) is 0. The Labute approximate surface area is 130 Å². The summed E-state index contributed by atoms with van der Waals surface area (Å²) in [6, 6.07) is 8.42. The van der Waals surface area contributed by atoms with Gasteiger partial charge >= 0.3 is 0 Å². The molecule has 0 atom stereocenters. The van der Waals surface area contributed by atoms with Crippen molar-refractivity contribution in [1.82, 2.24) is 0 Å². The van der Waals surface area contributed by atoms with Crippen molar-refractivity contribution < 1.29 is 0 Å². The first-order chi connectivity index (χ1) is 9.86. The van der Waals surface area contributed by atoms with Gasteiger partial charge in [0.1, 0.15) is 0 Å². The molecule has 0 aliphatic rings. The Kier molecular flexibility index (Phi) is 7.35. The van der Waals surface area contributed by atoms with Crippen LogP contribution >= 0.6 is 0 Å². The van der Waals surface area contributed by atoms with Crippen molar-refractivity contribution in [2.45, 2.75) is 60.9 Å². The van der Waals surface area contributed by atoms with Crippen LogP contribution in [0.15, 0.2) is 34.3 Å². The third-order valence-corrected chi connectivity index (χ3v) is 3.17. The lowest BCUT2D eigenvalue weighted by molar-refractivity contribution is 0.680. The summed E-state index contributed by atoms with van der Waals surface area (Å²) in [6.45, 7) is 13.9. The standard InChI is InChI=1S/C19H30N2/c1-14(2)10-16(5)20-13-18-8-7-9-19(12-18)21-17(6)11-15(3)4/h7-9,12,14-15H,10-11,13H2,1-6H3. The van der Waals surface area contributed by atoms with Crippen LogP contribution in [0.4, 0.5) is 5.69 Å². The number of hydrogen-bond donors (Lipinski definition) is 0. The molecule has 1 aromatic rings. The minimum Gasteiger partial charge on any atom is -0.290 e. The maximum atomic E-state index is 4.70. The molecule has 0 unspecified atom stereocenters. The third-order valence-electron chi connectivity index (χ3n) is 3.17. The SMILES string of the molecule is CC(CC(C)C)=NCc1cccc(N=C(C)CC(C)C)c1. The molecule has 116 valence electrons. The predicted molar refractivity (Wildman–Crippen MR) is 94.9 cm³/mol. The molecule has 1 aromatic carbocycles. The molecule has 0 amide bonds. The van der Waals surface area contributed by atoms with E-state index in [9.17, 15) is 0 Å². The summed E-state index contributed by atoms with van der Waals surface area (Å²) in [5, 5.41) is 0. The first-order valence-electron chi connectivity index (χ1n) is 7.99. The zero-order valence-electron chi connectivity index (χ0n) is 14.5. The second kappa shape index (κ2) is 8.76. The lowest BCUT2D eigenvalue weighted by Crippen LogP contribution is -1.99. The van der Waals surface area contributed by atoms with Gasteiger partial charge in [0.05, 0.1) is 12.2 Å². The summed E-state index contributed by atoms with van der Waals surface area (Å²) in [5.41, 5.74) is 4.70. The predicted octanol–water partition coefficient (Wildman–Crippen LogP) is 5.83. The molecule has 1 rings (SSSR count). The van der Waals surface area contributed by atoms with E-state index in [1.165, 1.54) is 17.0 Å². The molecule has 0 saturated heterocycles. The van der Waals surface area contributed by atoms with Crippen molar-refractivity contribution in [1.29, 1.82) is 0 Å². The van der Waals surface area contributed by atoms with E-state index in [0.29, 0.717) is 11.8 Å². The highest BCUT2D eigenvalue weighted by Crippen LogP contribution is 2.17. The van der Waals surface area contributed by atoms with Gasteiger partial charge in [0, 0.05) is 11.4 Å². The van der Waals surface area contributed by atoms with Crippen molar-refractivity contribution in [3.63, 3.8) is 0 Å². The van der Waals surface area contributed by atoms with Crippen LogP contribution in [0.3, 0.4) is 0 Å². The van der Waals surface area contributed by atoms with Crippen molar-refractivity contribution >= 4 is 17.1 Å². The Hall–Kier alpha value is -1.44. The van der Waals surface area contributed by atoms with E-state index in [1.54, 1.807) is 0 Å². The van der Waals surface area contributed by atoms with Gasteiger partial charge in [0.25, 0.3) is 0 Å². The van der Waals surface area contributed by atoms with Crippen LogP contribution in [0.2, 0.25) is 0 Å². The van der Waals surface area contributed by atoms with Gasteiger partial charge in [0.2, 0.25) is 0 Å². The van der Waals surface area contributed by atoms with Gasteiger partial charge in [-0.25, -0.2) is 0 Å². The number of rotatable bonds is 7. The fraction of sp³-hybridized carbons (Fsp3) is 0.579. The van der Waals surface area contributed by atoms with Crippen molar-refractivity contribution in [2.75, 3.05) is 0 Å². The Morgan fingerprint density at radius 3 is 2.19 bits per heavy atom. The summed E-state index contributed by atoms with van der Waals surface area (Å²) < 4.78 is 0. The van der Waals surface area contributed by atoms with Crippen molar-refractivity contribution in [2.24, 2.45) is 21.8 Å². The average Bonchev–Trinajstić information content (AvgIpc) is 2.35. The zero-order chi connectivity index (χ0) is 15.8. The molecule has 0 aliphatic carbocycles. The fourth-order valence-corrected chi connectivity index (χ4v) is 2.46. The van der Waals surface area contributed by atoms with E-state index >= 15 is 0 Å². The van der Waals surface area contributed by atoms with E-state index < -0.39 is 0 Å². The van der Waals surface area contributed by atoms with Crippen LogP contribution in [0.25, 0.3) is 0 Å². The second-order valence-electron chi connectivity index (χ2n) is 6.76. The molecule has 0 N–H and O–H groups in total. The smallest absolute Gasteiger partial charge is 0.0639 e. The molecule has 0 spiro atoms. The first-order valence-corrected chi connectivity index (χ1v) is 7.99. The van der Waals surface area contributed by atoms with E-state index in [2.05, 4.69) is 70.8 Å². The van der Waals surface area contributed by atoms with E-state index in [-0.39, 0.29) is 0 Å². The van der Waals surface area contributed by atoms with E-state index in [1.807, 2.05) is 0 Å². The lowest BCUT2D eigenvalue weighted by atomic mass is 10.1. The fourth-order valence-electron chi connectivity index (χ4n) is 2.46. The van der Waals surface area contributed by atoms with Gasteiger partial charge in [-0.15, -0.1) is 0 Å². The Morgan fingerprint density at radius 2 is 1.57 bits per heavy atom. The number of benzene rings is 1. The minimum atomic E-state index is 0.653. The van der Waals surface area contributed by atoms with Crippen molar-refractivity contribution in [3.05, 3.63) is 29.8 Å². The molecular formula is C19H30N2. The van der Waals surface area contributed by atoms with Crippen LogP contribution in [0.1, 0.15) is 59.9 Å². The Bertz CT molecular complexity index is 496. The Balaban J connectivity index is 2.72. The maximum absolute atomic E-state index is 4.70. The highest BCUT2D eigenvalue weighted by Gasteiger charge is 2.00.